The molecule has 6 heteroatoms. The fourth-order valence-corrected chi connectivity index (χ4v) is 4.76. The molecule has 1 aromatic rings. The second-order valence-electron chi connectivity index (χ2n) is 9.57. The Morgan fingerprint density at radius 3 is 2.10 bits per heavy atom. The molecule has 1 spiro atoms. The predicted molar refractivity (Wildman–Crippen MR) is 119 cm³/mol. The van der Waals surface area contributed by atoms with Gasteiger partial charge in [-0.05, 0) is 48.8 Å². The number of amides is 3. The number of piperidine rings is 1. The van der Waals surface area contributed by atoms with E-state index in [0.29, 0.717) is 19.0 Å². The summed E-state index contributed by atoms with van der Waals surface area (Å²) in [7, 11) is 1.65. The van der Waals surface area contributed by atoms with Gasteiger partial charge in [0.2, 0.25) is 0 Å². The summed E-state index contributed by atoms with van der Waals surface area (Å²) >= 11 is 0. The van der Waals surface area contributed by atoms with Crippen LogP contribution >= 0.6 is 0 Å². The number of methoxy groups -OCH3 is 1. The Kier molecular flexibility index (Phi) is 7.06. The third kappa shape index (κ3) is 4.64. The highest BCUT2D eigenvalue weighted by molar-refractivity contribution is 6.07. The van der Waals surface area contributed by atoms with Crippen molar-refractivity contribution in [2.75, 3.05) is 39.8 Å². The van der Waals surface area contributed by atoms with Crippen molar-refractivity contribution in [1.29, 1.82) is 0 Å². The van der Waals surface area contributed by atoms with Crippen LogP contribution in [0.25, 0.3) is 0 Å². The molecule has 0 bridgehead atoms. The summed E-state index contributed by atoms with van der Waals surface area (Å²) in [6, 6.07) is 7.84. The number of carbonyl (C=O) groups is 2. The highest BCUT2D eigenvalue weighted by Gasteiger charge is 2.57. The fourth-order valence-electron chi connectivity index (χ4n) is 4.76. The van der Waals surface area contributed by atoms with Crippen molar-refractivity contribution in [3.05, 3.63) is 29.8 Å². The molecule has 2 saturated heterocycles. The molecule has 3 amide bonds. The van der Waals surface area contributed by atoms with E-state index in [2.05, 4.69) is 32.6 Å². The van der Waals surface area contributed by atoms with Gasteiger partial charge in [-0.1, -0.05) is 39.8 Å². The SMILES string of the molecule is COc1ccc(CCN2C(=O)N(CC(C)C)C(=O)C23CCN(CC(C)C)CC3)cc1. The summed E-state index contributed by atoms with van der Waals surface area (Å²) in [6.45, 7) is 12.4. The van der Waals surface area contributed by atoms with E-state index in [1.807, 2.05) is 29.2 Å². The monoisotopic (exact) mass is 415 g/mol. The number of benzene rings is 1. The molecule has 2 aliphatic rings. The summed E-state index contributed by atoms with van der Waals surface area (Å²) < 4.78 is 5.24. The van der Waals surface area contributed by atoms with Gasteiger partial charge in [0.25, 0.3) is 5.91 Å². The average molecular weight is 416 g/mol. The normalized spacial score (nSPS) is 19.6. The molecule has 3 rings (SSSR count). The van der Waals surface area contributed by atoms with Gasteiger partial charge in [-0.15, -0.1) is 0 Å². The van der Waals surface area contributed by atoms with Gasteiger partial charge in [0, 0.05) is 32.7 Å². The van der Waals surface area contributed by atoms with Crippen molar-refractivity contribution in [2.24, 2.45) is 11.8 Å². The largest absolute Gasteiger partial charge is 0.497 e. The highest BCUT2D eigenvalue weighted by atomic mass is 16.5. The van der Waals surface area contributed by atoms with Crippen LogP contribution in [0.5, 0.6) is 5.75 Å². The highest BCUT2D eigenvalue weighted by Crippen LogP contribution is 2.38. The molecule has 1 aromatic carbocycles. The molecule has 0 atom stereocenters. The third-order valence-electron chi connectivity index (χ3n) is 6.26. The summed E-state index contributed by atoms with van der Waals surface area (Å²) in [5.41, 5.74) is 0.470. The lowest BCUT2D eigenvalue weighted by Crippen LogP contribution is -2.57. The van der Waals surface area contributed by atoms with E-state index in [4.69, 9.17) is 4.74 Å². The van der Waals surface area contributed by atoms with Gasteiger partial charge in [0.15, 0.2) is 0 Å². The first-order valence-electron chi connectivity index (χ1n) is 11.3. The Morgan fingerprint density at radius 2 is 1.57 bits per heavy atom. The van der Waals surface area contributed by atoms with Gasteiger partial charge in [0.05, 0.1) is 7.11 Å². The number of urea groups is 1. The molecular weight excluding hydrogens is 378 g/mol. The van der Waals surface area contributed by atoms with E-state index in [-0.39, 0.29) is 17.9 Å². The van der Waals surface area contributed by atoms with Crippen molar-refractivity contribution in [2.45, 2.75) is 52.5 Å². The van der Waals surface area contributed by atoms with E-state index in [0.717, 1.165) is 50.2 Å². The summed E-state index contributed by atoms with van der Waals surface area (Å²) in [4.78, 5) is 32.6. The van der Waals surface area contributed by atoms with Crippen LogP contribution in [0, 0.1) is 11.8 Å². The molecule has 0 aliphatic carbocycles. The summed E-state index contributed by atoms with van der Waals surface area (Å²) in [5, 5.41) is 0. The number of ether oxygens (including phenoxy) is 1. The van der Waals surface area contributed by atoms with Crippen LogP contribution in [0.2, 0.25) is 0 Å². The lowest BCUT2D eigenvalue weighted by molar-refractivity contribution is -0.136. The zero-order chi connectivity index (χ0) is 21.9. The Hall–Kier alpha value is -2.08. The fraction of sp³-hybridized carbons (Fsp3) is 0.667. The molecule has 0 radical (unpaired) electrons. The molecule has 0 unspecified atom stereocenters. The zero-order valence-electron chi connectivity index (χ0n) is 19.2. The van der Waals surface area contributed by atoms with Gasteiger partial charge >= 0.3 is 6.03 Å². The number of hydrogen-bond acceptors (Lipinski definition) is 4. The lowest BCUT2D eigenvalue weighted by atomic mass is 9.85. The average Bonchev–Trinajstić information content (AvgIpc) is 2.89. The predicted octanol–water partition coefficient (Wildman–Crippen LogP) is 3.65. The number of rotatable bonds is 8. The maximum atomic E-state index is 13.5. The lowest BCUT2D eigenvalue weighted by Gasteiger charge is -2.42. The maximum Gasteiger partial charge on any atom is 0.327 e. The molecule has 2 fully saturated rings. The van der Waals surface area contributed by atoms with Crippen LogP contribution < -0.4 is 4.74 Å². The first-order chi connectivity index (χ1) is 14.3. The topological polar surface area (TPSA) is 53.1 Å². The number of carbonyl (C=O) groups excluding carboxylic acids is 2. The molecule has 0 aromatic heterocycles. The molecule has 0 N–H and O–H groups in total. The van der Waals surface area contributed by atoms with E-state index < -0.39 is 5.54 Å². The molecule has 166 valence electrons. The molecule has 6 nitrogen and oxygen atoms in total. The summed E-state index contributed by atoms with van der Waals surface area (Å²) in [6.07, 6.45) is 2.18. The molecule has 2 aliphatic heterocycles. The van der Waals surface area contributed by atoms with Crippen LogP contribution in [0.4, 0.5) is 4.79 Å². The van der Waals surface area contributed by atoms with Crippen LogP contribution in [0.3, 0.4) is 0 Å². The number of nitrogens with zero attached hydrogens (tertiary/aromatic N) is 3. The van der Waals surface area contributed by atoms with E-state index >= 15 is 0 Å². The van der Waals surface area contributed by atoms with Crippen molar-refractivity contribution >= 4 is 11.9 Å². The van der Waals surface area contributed by atoms with Gasteiger partial charge in [-0.2, -0.15) is 0 Å². The molecule has 2 heterocycles. The Balaban J connectivity index is 1.78. The minimum atomic E-state index is -0.675. The van der Waals surface area contributed by atoms with E-state index in [1.54, 1.807) is 7.11 Å². The molecule has 0 saturated carbocycles. The van der Waals surface area contributed by atoms with E-state index in [1.165, 1.54) is 4.90 Å². The van der Waals surface area contributed by atoms with Crippen LogP contribution in [-0.4, -0.2) is 72.0 Å². The van der Waals surface area contributed by atoms with Gasteiger partial charge in [0.1, 0.15) is 11.3 Å². The number of hydrogen-bond donors (Lipinski definition) is 0. The zero-order valence-corrected chi connectivity index (χ0v) is 19.2. The first-order valence-corrected chi connectivity index (χ1v) is 11.3. The van der Waals surface area contributed by atoms with Gasteiger partial charge < -0.3 is 14.5 Å². The number of imide groups is 1. The standard InChI is InChI=1S/C24H37N3O3/c1-18(2)16-25-14-11-24(12-15-25)22(28)26(17-19(3)4)23(29)27(24)13-10-20-6-8-21(30-5)9-7-20/h6-9,18-19H,10-17H2,1-5H3. The third-order valence-corrected chi connectivity index (χ3v) is 6.26. The first kappa shape index (κ1) is 22.6. The second kappa shape index (κ2) is 9.38. The minimum Gasteiger partial charge on any atom is -0.497 e. The minimum absolute atomic E-state index is 0.0140. The Bertz CT molecular complexity index is 737. The molecular formula is C24H37N3O3. The second-order valence-corrected chi connectivity index (χ2v) is 9.57. The van der Waals surface area contributed by atoms with Crippen LogP contribution in [0.15, 0.2) is 24.3 Å². The van der Waals surface area contributed by atoms with Gasteiger partial charge in [-0.3, -0.25) is 9.69 Å². The van der Waals surface area contributed by atoms with Crippen molar-refractivity contribution in [3.8, 4) is 5.75 Å². The molecule has 30 heavy (non-hydrogen) atoms. The van der Waals surface area contributed by atoms with E-state index in [9.17, 15) is 9.59 Å². The quantitative estimate of drug-likeness (QED) is 0.608. The van der Waals surface area contributed by atoms with Crippen LogP contribution in [0.1, 0.15) is 46.1 Å². The van der Waals surface area contributed by atoms with Crippen molar-refractivity contribution in [3.63, 3.8) is 0 Å². The van der Waals surface area contributed by atoms with Crippen LogP contribution in [-0.2, 0) is 11.2 Å². The smallest absolute Gasteiger partial charge is 0.327 e. The van der Waals surface area contributed by atoms with Crippen molar-refractivity contribution in [1.82, 2.24) is 14.7 Å². The number of likely N-dealkylation sites (tertiary alicyclic amines) is 1. The maximum absolute atomic E-state index is 13.5. The Labute approximate surface area is 181 Å². The van der Waals surface area contributed by atoms with Gasteiger partial charge in [-0.25, -0.2) is 4.79 Å². The van der Waals surface area contributed by atoms with Crippen molar-refractivity contribution < 1.29 is 14.3 Å². The Morgan fingerprint density at radius 1 is 0.967 bits per heavy atom. The summed E-state index contributed by atoms with van der Waals surface area (Å²) in [5.74, 6) is 1.70.